The van der Waals surface area contributed by atoms with Crippen molar-refractivity contribution in [3.05, 3.63) is 59.7 Å². The van der Waals surface area contributed by atoms with E-state index in [4.69, 9.17) is 5.73 Å². The van der Waals surface area contributed by atoms with Crippen molar-refractivity contribution >= 4 is 23.2 Å². The minimum atomic E-state index is -0.168. The van der Waals surface area contributed by atoms with Gasteiger partial charge in [0.05, 0.1) is 13.0 Å². The quantitative estimate of drug-likeness (QED) is 0.844. The molecular weight excluding hydrogens is 302 g/mol. The molecule has 0 saturated heterocycles. The number of nitrogens with zero attached hydrogens (tertiary/aromatic N) is 1. The number of nitrogen functional groups attached to an aromatic ring is 1. The van der Waals surface area contributed by atoms with Gasteiger partial charge >= 0.3 is 0 Å². The molecule has 3 rings (SSSR count). The van der Waals surface area contributed by atoms with Gasteiger partial charge in [0, 0.05) is 17.9 Å². The molecule has 0 spiro atoms. The van der Waals surface area contributed by atoms with Gasteiger partial charge < -0.3 is 16.0 Å². The van der Waals surface area contributed by atoms with Crippen LogP contribution in [0, 0.1) is 0 Å². The average molecular weight is 323 g/mol. The Morgan fingerprint density at radius 1 is 1.08 bits per heavy atom. The van der Waals surface area contributed by atoms with Crippen LogP contribution in [0.1, 0.15) is 17.5 Å². The highest BCUT2D eigenvalue weighted by atomic mass is 16.2. The van der Waals surface area contributed by atoms with E-state index in [2.05, 4.69) is 11.4 Å². The second kappa shape index (κ2) is 7.17. The average Bonchev–Trinajstić information content (AvgIpc) is 2.61. The largest absolute Gasteiger partial charge is 0.399 e. The number of nitrogens with one attached hydrogen (secondary N) is 1. The highest BCUT2D eigenvalue weighted by Crippen LogP contribution is 2.26. The SMILES string of the molecule is Nc1ccc(CC(=O)NCC(=O)N2CCCc3ccccc32)cc1. The normalized spacial score (nSPS) is 13.2. The van der Waals surface area contributed by atoms with E-state index in [1.165, 1.54) is 5.56 Å². The van der Waals surface area contributed by atoms with Crippen LogP contribution in [0.15, 0.2) is 48.5 Å². The monoisotopic (exact) mass is 323 g/mol. The summed E-state index contributed by atoms with van der Waals surface area (Å²) < 4.78 is 0. The molecule has 0 aromatic heterocycles. The molecule has 0 fully saturated rings. The van der Waals surface area contributed by atoms with Gasteiger partial charge in [0.25, 0.3) is 0 Å². The standard InChI is InChI=1S/C19H21N3O2/c20-16-9-7-14(8-10-16)12-18(23)21-13-19(24)22-11-3-5-15-4-1-2-6-17(15)22/h1-2,4,6-10H,3,5,11-13,20H2,(H,21,23). The van der Waals surface area contributed by atoms with E-state index in [0.29, 0.717) is 12.2 Å². The lowest BCUT2D eigenvalue weighted by molar-refractivity contribution is -0.124. The first-order valence-corrected chi connectivity index (χ1v) is 8.13. The first-order valence-electron chi connectivity index (χ1n) is 8.13. The van der Waals surface area contributed by atoms with Crippen molar-refractivity contribution in [2.24, 2.45) is 0 Å². The summed E-state index contributed by atoms with van der Waals surface area (Å²) in [6, 6.07) is 15.1. The van der Waals surface area contributed by atoms with E-state index < -0.39 is 0 Å². The number of para-hydroxylation sites is 1. The summed E-state index contributed by atoms with van der Waals surface area (Å²) in [5.41, 5.74) is 9.31. The van der Waals surface area contributed by atoms with E-state index in [0.717, 1.165) is 24.1 Å². The minimum absolute atomic E-state index is 0.0160. The lowest BCUT2D eigenvalue weighted by Crippen LogP contribution is -2.43. The smallest absolute Gasteiger partial charge is 0.246 e. The Kier molecular flexibility index (Phi) is 4.79. The molecule has 0 unspecified atom stereocenters. The summed E-state index contributed by atoms with van der Waals surface area (Å²) in [5, 5.41) is 2.71. The van der Waals surface area contributed by atoms with Crippen molar-refractivity contribution in [2.45, 2.75) is 19.3 Å². The summed E-state index contributed by atoms with van der Waals surface area (Å²) in [6.07, 6.45) is 2.18. The highest BCUT2D eigenvalue weighted by molar-refractivity contribution is 5.97. The highest BCUT2D eigenvalue weighted by Gasteiger charge is 2.22. The van der Waals surface area contributed by atoms with Gasteiger partial charge in [0.1, 0.15) is 0 Å². The second-order valence-corrected chi connectivity index (χ2v) is 5.97. The molecule has 0 saturated carbocycles. The maximum absolute atomic E-state index is 12.5. The van der Waals surface area contributed by atoms with E-state index in [1.807, 2.05) is 30.3 Å². The van der Waals surface area contributed by atoms with Crippen LogP contribution in [0.25, 0.3) is 0 Å². The molecule has 3 N–H and O–H groups in total. The first kappa shape index (κ1) is 16.1. The molecule has 124 valence electrons. The number of nitrogens with two attached hydrogens (primary N) is 1. The molecule has 0 atom stereocenters. The van der Waals surface area contributed by atoms with Crippen molar-refractivity contribution in [3.63, 3.8) is 0 Å². The Bertz CT molecular complexity index is 741. The molecule has 2 amide bonds. The van der Waals surface area contributed by atoms with Gasteiger partial charge in [-0.15, -0.1) is 0 Å². The van der Waals surface area contributed by atoms with Crippen LogP contribution in [0.5, 0.6) is 0 Å². The Morgan fingerprint density at radius 3 is 2.62 bits per heavy atom. The Morgan fingerprint density at radius 2 is 1.83 bits per heavy atom. The summed E-state index contributed by atoms with van der Waals surface area (Å²) in [5.74, 6) is -0.244. The number of hydrogen-bond donors (Lipinski definition) is 2. The van der Waals surface area contributed by atoms with Crippen LogP contribution in [0.2, 0.25) is 0 Å². The molecule has 1 heterocycles. The third-order valence-corrected chi connectivity index (χ3v) is 4.19. The van der Waals surface area contributed by atoms with Gasteiger partial charge in [-0.1, -0.05) is 30.3 Å². The fourth-order valence-electron chi connectivity index (χ4n) is 2.95. The van der Waals surface area contributed by atoms with Crippen LogP contribution in [-0.4, -0.2) is 24.9 Å². The topological polar surface area (TPSA) is 75.4 Å². The maximum atomic E-state index is 12.5. The molecule has 2 aromatic carbocycles. The van der Waals surface area contributed by atoms with Gasteiger partial charge in [0.15, 0.2) is 0 Å². The van der Waals surface area contributed by atoms with E-state index >= 15 is 0 Å². The number of hydrogen-bond acceptors (Lipinski definition) is 3. The predicted octanol–water partition coefficient (Wildman–Crippen LogP) is 1.91. The van der Waals surface area contributed by atoms with E-state index in [9.17, 15) is 9.59 Å². The van der Waals surface area contributed by atoms with Crippen LogP contribution >= 0.6 is 0 Å². The maximum Gasteiger partial charge on any atom is 0.246 e. The van der Waals surface area contributed by atoms with Gasteiger partial charge in [-0.25, -0.2) is 0 Å². The van der Waals surface area contributed by atoms with Gasteiger partial charge in [-0.3, -0.25) is 9.59 Å². The van der Waals surface area contributed by atoms with Crippen molar-refractivity contribution in [1.29, 1.82) is 0 Å². The third-order valence-electron chi connectivity index (χ3n) is 4.19. The van der Waals surface area contributed by atoms with Crippen molar-refractivity contribution in [3.8, 4) is 0 Å². The summed E-state index contributed by atoms with van der Waals surface area (Å²) >= 11 is 0. The molecule has 5 nitrogen and oxygen atoms in total. The lowest BCUT2D eigenvalue weighted by atomic mass is 10.0. The Hall–Kier alpha value is -2.82. The number of anilines is 2. The number of carbonyl (C=O) groups is 2. The van der Waals surface area contributed by atoms with Crippen LogP contribution in [-0.2, 0) is 22.4 Å². The number of carbonyl (C=O) groups excluding carboxylic acids is 2. The van der Waals surface area contributed by atoms with Crippen LogP contribution in [0.3, 0.4) is 0 Å². The first-order chi connectivity index (χ1) is 11.6. The van der Waals surface area contributed by atoms with Gasteiger partial charge in [-0.05, 0) is 42.2 Å². The summed E-state index contributed by atoms with van der Waals surface area (Å²) in [6.45, 7) is 0.714. The van der Waals surface area contributed by atoms with Gasteiger partial charge in [0.2, 0.25) is 11.8 Å². The second-order valence-electron chi connectivity index (χ2n) is 5.97. The van der Waals surface area contributed by atoms with Crippen LogP contribution < -0.4 is 16.0 Å². The molecule has 0 radical (unpaired) electrons. The fourth-order valence-corrected chi connectivity index (χ4v) is 2.95. The predicted molar refractivity (Wildman–Crippen MR) is 94.7 cm³/mol. The number of amides is 2. The zero-order valence-corrected chi connectivity index (χ0v) is 13.5. The number of fused-ring (bicyclic) bond motifs is 1. The zero-order valence-electron chi connectivity index (χ0n) is 13.5. The van der Waals surface area contributed by atoms with Crippen LogP contribution in [0.4, 0.5) is 11.4 Å². The summed E-state index contributed by atoms with van der Waals surface area (Å²) in [4.78, 5) is 26.2. The lowest BCUT2D eigenvalue weighted by Gasteiger charge is -2.29. The molecule has 5 heteroatoms. The molecule has 2 aromatic rings. The zero-order chi connectivity index (χ0) is 16.9. The molecule has 1 aliphatic heterocycles. The summed E-state index contributed by atoms with van der Waals surface area (Å²) in [7, 11) is 0. The molecule has 0 bridgehead atoms. The van der Waals surface area contributed by atoms with Crippen molar-refractivity contribution in [2.75, 3.05) is 23.7 Å². The fraction of sp³-hybridized carbons (Fsp3) is 0.263. The third kappa shape index (κ3) is 3.74. The molecule has 24 heavy (non-hydrogen) atoms. The molecular formula is C19H21N3O2. The van der Waals surface area contributed by atoms with E-state index in [1.54, 1.807) is 17.0 Å². The molecule has 0 aliphatic carbocycles. The number of aryl methyl sites for hydroxylation is 1. The molecule has 1 aliphatic rings. The minimum Gasteiger partial charge on any atom is -0.399 e. The Balaban J connectivity index is 1.56. The van der Waals surface area contributed by atoms with Crippen molar-refractivity contribution < 1.29 is 9.59 Å². The Labute approximate surface area is 141 Å². The van der Waals surface area contributed by atoms with Crippen molar-refractivity contribution in [1.82, 2.24) is 5.32 Å². The number of rotatable bonds is 4. The van der Waals surface area contributed by atoms with E-state index in [-0.39, 0.29) is 24.8 Å². The number of benzene rings is 2. The van der Waals surface area contributed by atoms with Gasteiger partial charge in [-0.2, -0.15) is 0 Å².